The molecule has 2 heterocycles. The number of benzene rings is 1. The van der Waals surface area contributed by atoms with Crippen LogP contribution < -0.4 is 10.4 Å². The standard InChI is InChI=1S/C27H43BNO2S.C9H16O2.C8H18/c1-8-11-19-16-21(17-19)29-23-18-20(28-31-25(4,5)26(6,7)32)12-13-22(23)27(14-9-2,15-10-3)24(29)30;1-6(2)9(10)8-5-4-7(3)11-8;1-5-7-8(3,4)6-2/h12-13,18-19,21,32H,8-11,14-17H2,1-7H3;6-8H,4-5H2,1-3H3;5-7H2,1-4H3. The minimum absolute atomic E-state index is 0.106. The van der Waals surface area contributed by atoms with Gasteiger partial charge < -0.3 is 14.3 Å². The summed E-state index contributed by atoms with van der Waals surface area (Å²) < 4.78 is 11.4. The van der Waals surface area contributed by atoms with Crippen molar-refractivity contribution in [3.8, 4) is 0 Å². The van der Waals surface area contributed by atoms with Gasteiger partial charge >= 0.3 is 7.48 Å². The van der Waals surface area contributed by atoms with Crippen LogP contribution in [0, 0.1) is 17.3 Å². The molecule has 2 aliphatic heterocycles. The summed E-state index contributed by atoms with van der Waals surface area (Å²) in [6.45, 7) is 30.0. The number of hydrogen-bond donors (Lipinski definition) is 1. The van der Waals surface area contributed by atoms with Crippen molar-refractivity contribution in [2.24, 2.45) is 17.3 Å². The largest absolute Gasteiger partial charge is 0.428 e. The maximum Gasteiger partial charge on any atom is 0.330 e. The van der Waals surface area contributed by atoms with Crippen LogP contribution in [0.2, 0.25) is 0 Å². The molecule has 2 unspecified atom stereocenters. The molecule has 1 amide bonds. The van der Waals surface area contributed by atoms with E-state index in [1.165, 1.54) is 37.7 Å². The highest BCUT2D eigenvalue weighted by Crippen LogP contribution is 2.51. The lowest BCUT2D eigenvalue weighted by atomic mass is 9.73. The van der Waals surface area contributed by atoms with E-state index in [4.69, 9.17) is 22.0 Å². The summed E-state index contributed by atoms with van der Waals surface area (Å²) in [5.74, 6) is 1.48. The van der Waals surface area contributed by atoms with Gasteiger partial charge in [-0.05, 0) is 103 Å². The van der Waals surface area contributed by atoms with Crippen LogP contribution in [0.5, 0.6) is 0 Å². The Morgan fingerprint density at radius 2 is 1.59 bits per heavy atom. The van der Waals surface area contributed by atoms with Gasteiger partial charge in [0.15, 0.2) is 5.78 Å². The van der Waals surface area contributed by atoms with E-state index in [0.29, 0.717) is 17.4 Å². The topological polar surface area (TPSA) is 55.8 Å². The zero-order chi connectivity index (χ0) is 38.8. The monoisotopic (exact) mass is 727 g/mol. The van der Waals surface area contributed by atoms with Gasteiger partial charge in [0, 0.05) is 22.4 Å². The van der Waals surface area contributed by atoms with Crippen LogP contribution in [0.3, 0.4) is 0 Å². The van der Waals surface area contributed by atoms with Crippen LogP contribution in [0.1, 0.15) is 186 Å². The highest BCUT2D eigenvalue weighted by atomic mass is 32.1. The molecule has 1 saturated carbocycles. The molecule has 2 atom stereocenters. The first-order valence-electron chi connectivity index (χ1n) is 20.6. The number of amides is 1. The van der Waals surface area contributed by atoms with Crippen molar-refractivity contribution in [1.82, 2.24) is 0 Å². The van der Waals surface area contributed by atoms with Gasteiger partial charge in [0.05, 0.1) is 17.1 Å². The molecule has 1 aromatic carbocycles. The van der Waals surface area contributed by atoms with Gasteiger partial charge in [-0.2, -0.15) is 12.6 Å². The maximum atomic E-state index is 14.0. The quantitative estimate of drug-likeness (QED) is 0.136. The summed E-state index contributed by atoms with van der Waals surface area (Å²) in [5, 5.41) is 0. The predicted molar refractivity (Wildman–Crippen MR) is 223 cm³/mol. The van der Waals surface area contributed by atoms with E-state index >= 15 is 0 Å². The average molecular weight is 727 g/mol. The number of anilines is 1. The zero-order valence-electron chi connectivity index (χ0n) is 35.4. The van der Waals surface area contributed by atoms with Crippen LogP contribution in [-0.4, -0.2) is 47.8 Å². The van der Waals surface area contributed by atoms with Crippen molar-refractivity contribution in [3.63, 3.8) is 0 Å². The molecule has 5 nitrogen and oxygen atoms in total. The normalized spacial score (nSPS) is 22.8. The molecule has 0 aromatic heterocycles. The summed E-state index contributed by atoms with van der Waals surface area (Å²) >= 11 is 4.72. The van der Waals surface area contributed by atoms with E-state index in [-0.39, 0.29) is 34.1 Å². The number of carbonyl (C=O) groups excluding carboxylic acids is 2. The van der Waals surface area contributed by atoms with Gasteiger partial charge in [0.1, 0.15) is 6.10 Å². The highest BCUT2D eigenvalue weighted by molar-refractivity contribution is 7.81. The molecular formula is C44H77BNO4S. The SMILES string of the molecule is CC1CCC(C(=O)C(C)C)O1.CCCC(C)(C)CC.CCCC1CC(N2C(=O)C(CCC)(CCC)c3ccc([B]OC(C)(C)C(C)(C)S)cc32)C1. The third kappa shape index (κ3) is 12.1. The Labute approximate surface area is 321 Å². The number of rotatable bonds is 16. The molecule has 51 heavy (non-hydrogen) atoms. The first-order chi connectivity index (χ1) is 23.7. The third-order valence-electron chi connectivity index (χ3n) is 12.0. The second-order valence-electron chi connectivity index (χ2n) is 18.0. The van der Waals surface area contributed by atoms with Gasteiger partial charge in [-0.25, -0.2) is 0 Å². The van der Waals surface area contributed by atoms with Crippen molar-refractivity contribution in [1.29, 1.82) is 0 Å². The van der Waals surface area contributed by atoms with Crippen LogP contribution >= 0.6 is 12.6 Å². The Kier molecular flexibility index (Phi) is 17.8. The average Bonchev–Trinajstić information content (AvgIpc) is 3.56. The Bertz CT molecular complexity index is 1230. The second-order valence-corrected chi connectivity index (χ2v) is 19.1. The minimum Gasteiger partial charge on any atom is -0.428 e. The molecule has 7 heteroatoms. The van der Waals surface area contributed by atoms with E-state index in [2.05, 4.69) is 99.3 Å². The van der Waals surface area contributed by atoms with Crippen molar-refractivity contribution in [2.45, 2.75) is 214 Å². The Morgan fingerprint density at radius 1 is 0.980 bits per heavy atom. The maximum absolute atomic E-state index is 14.0. The number of thiol groups is 1. The van der Waals surface area contributed by atoms with Crippen molar-refractivity contribution < 1.29 is 19.0 Å². The highest BCUT2D eigenvalue weighted by Gasteiger charge is 2.53. The lowest BCUT2D eigenvalue weighted by molar-refractivity contribution is -0.132. The van der Waals surface area contributed by atoms with Gasteiger partial charge in [0.25, 0.3) is 0 Å². The molecular weight excluding hydrogens is 649 g/mol. The van der Waals surface area contributed by atoms with E-state index in [9.17, 15) is 9.59 Å². The fourth-order valence-corrected chi connectivity index (χ4v) is 7.71. The first kappa shape index (κ1) is 45.9. The van der Waals surface area contributed by atoms with E-state index in [1.807, 2.05) is 28.3 Å². The van der Waals surface area contributed by atoms with Crippen LogP contribution in [0.25, 0.3) is 0 Å². The molecule has 0 bridgehead atoms. The smallest absolute Gasteiger partial charge is 0.330 e. The van der Waals surface area contributed by atoms with Gasteiger partial charge in [0.2, 0.25) is 5.91 Å². The summed E-state index contributed by atoms with van der Waals surface area (Å²) in [7, 11) is 1.85. The number of nitrogens with zero attached hydrogens (tertiary/aromatic N) is 1. The van der Waals surface area contributed by atoms with Gasteiger partial charge in [-0.15, -0.1) is 0 Å². The summed E-state index contributed by atoms with van der Waals surface area (Å²) in [5.41, 5.74) is 3.18. The molecule has 0 N–H and O–H groups in total. The second kappa shape index (κ2) is 19.9. The lowest BCUT2D eigenvalue weighted by Gasteiger charge is -2.42. The lowest BCUT2D eigenvalue weighted by Crippen LogP contribution is -2.50. The van der Waals surface area contributed by atoms with E-state index in [0.717, 1.165) is 68.4 Å². The number of ether oxygens (including phenoxy) is 1. The number of Topliss-reactive ketones (excluding diaryl/α,β-unsaturated/α-hetero) is 1. The molecule has 1 aliphatic carbocycles. The summed E-state index contributed by atoms with van der Waals surface area (Å²) in [4.78, 5) is 27.5. The molecule has 1 aromatic rings. The molecule has 3 aliphatic rings. The molecule has 0 spiro atoms. The predicted octanol–water partition coefficient (Wildman–Crippen LogP) is 11.2. The fraction of sp³-hybridized carbons (Fsp3) is 0.818. The van der Waals surface area contributed by atoms with Crippen molar-refractivity contribution >= 4 is 43.0 Å². The number of hydrogen-bond acceptors (Lipinski definition) is 5. The summed E-state index contributed by atoms with van der Waals surface area (Å²) in [6.07, 6.45) is 14.8. The molecule has 1 radical (unpaired) electrons. The van der Waals surface area contributed by atoms with Gasteiger partial charge in [-0.3, -0.25) is 9.59 Å². The zero-order valence-corrected chi connectivity index (χ0v) is 36.3. The molecule has 2 fully saturated rings. The van der Waals surface area contributed by atoms with Crippen LogP contribution in [-0.2, 0) is 24.4 Å². The molecule has 1 saturated heterocycles. The van der Waals surface area contributed by atoms with E-state index in [1.54, 1.807) is 0 Å². The minimum atomic E-state index is -0.417. The Morgan fingerprint density at radius 3 is 2.02 bits per heavy atom. The Hall–Kier alpha value is -1.31. The van der Waals surface area contributed by atoms with Crippen molar-refractivity contribution in [3.05, 3.63) is 23.8 Å². The Balaban J connectivity index is 0.000000386. The summed E-state index contributed by atoms with van der Waals surface area (Å²) in [6, 6.07) is 6.86. The van der Waals surface area contributed by atoms with Gasteiger partial charge in [-0.1, -0.05) is 118 Å². The van der Waals surface area contributed by atoms with Crippen LogP contribution in [0.15, 0.2) is 18.2 Å². The van der Waals surface area contributed by atoms with Crippen LogP contribution in [0.4, 0.5) is 5.69 Å². The number of carbonyl (C=O) groups is 2. The number of fused-ring (bicyclic) bond motifs is 1. The van der Waals surface area contributed by atoms with E-state index < -0.39 is 5.60 Å². The molecule has 291 valence electrons. The first-order valence-corrected chi connectivity index (χ1v) is 21.1. The van der Waals surface area contributed by atoms with Crippen molar-refractivity contribution in [2.75, 3.05) is 4.90 Å². The third-order valence-corrected chi connectivity index (χ3v) is 12.6. The molecule has 4 rings (SSSR count). The fourth-order valence-electron chi connectivity index (χ4n) is 7.66. The number of ketones is 1.